The number of fused-ring (bicyclic) bond motifs is 1. The number of hydrogen-bond donors (Lipinski definition) is 2. The van der Waals surface area contributed by atoms with E-state index >= 15 is 0 Å². The number of carbonyl (C=O) groups is 1. The van der Waals surface area contributed by atoms with Crippen molar-refractivity contribution in [3.63, 3.8) is 0 Å². The number of nitrogens with one attached hydrogen (secondary N) is 1. The summed E-state index contributed by atoms with van der Waals surface area (Å²) in [6.45, 7) is 3.98. The fourth-order valence-electron chi connectivity index (χ4n) is 2.21. The van der Waals surface area contributed by atoms with Gasteiger partial charge < -0.3 is 15.2 Å². The first-order chi connectivity index (χ1) is 11.1. The Morgan fingerprint density at radius 1 is 1.39 bits per heavy atom. The molecule has 1 aromatic carbocycles. The highest BCUT2D eigenvalue weighted by Gasteiger charge is 2.18. The topological polar surface area (TPSA) is 84.3 Å². The first-order valence-electron chi connectivity index (χ1n) is 7.06. The van der Waals surface area contributed by atoms with Crippen LogP contribution >= 0.6 is 11.3 Å². The fraction of sp³-hybridized carbons (Fsp3) is 0.188. The molecule has 2 heterocycles. The molecule has 0 unspecified atom stereocenters. The van der Waals surface area contributed by atoms with Gasteiger partial charge in [-0.1, -0.05) is 6.07 Å². The molecule has 0 spiro atoms. The number of esters is 1. The van der Waals surface area contributed by atoms with Crippen LogP contribution in [0.1, 0.15) is 22.8 Å². The van der Waals surface area contributed by atoms with Gasteiger partial charge in [0.05, 0.1) is 23.2 Å². The van der Waals surface area contributed by atoms with Gasteiger partial charge in [-0.2, -0.15) is 0 Å². The number of aromatic nitrogens is 2. The molecule has 0 saturated carbocycles. The van der Waals surface area contributed by atoms with E-state index in [2.05, 4.69) is 15.3 Å². The lowest BCUT2D eigenvalue weighted by atomic mass is 10.2. The van der Waals surface area contributed by atoms with Crippen LogP contribution in [0.15, 0.2) is 29.9 Å². The molecule has 6 nitrogen and oxygen atoms in total. The molecule has 0 saturated heterocycles. The number of rotatable bonds is 4. The Balaban J connectivity index is 2.08. The minimum absolute atomic E-state index is 0.107. The number of phenolic OH excluding ortho intramolecular Hbond substituents is 1. The maximum atomic E-state index is 12.1. The number of aryl methyl sites for hydroxylation is 1. The predicted molar refractivity (Wildman–Crippen MR) is 89.5 cm³/mol. The smallest absolute Gasteiger partial charge is 0.339 e. The SMILES string of the molecule is CCOC(=O)c1csc2ncnc(Nc3cc(C)ccc3O)c12. The summed E-state index contributed by atoms with van der Waals surface area (Å²) in [5, 5.41) is 15.4. The van der Waals surface area contributed by atoms with Crippen molar-refractivity contribution in [2.75, 3.05) is 11.9 Å². The molecule has 0 aliphatic carbocycles. The lowest BCUT2D eigenvalue weighted by Crippen LogP contribution is -2.05. The molecule has 0 atom stereocenters. The van der Waals surface area contributed by atoms with E-state index in [-0.39, 0.29) is 5.75 Å². The Hall–Kier alpha value is -2.67. The molecule has 0 amide bonds. The maximum Gasteiger partial charge on any atom is 0.339 e. The average molecular weight is 329 g/mol. The van der Waals surface area contributed by atoms with Crippen molar-refractivity contribution >= 4 is 39.0 Å². The van der Waals surface area contributed by atoms with Crippen molar-refractivity contribution < 1.29 is 14.6 Å². The third-order valence-corrected chi connectivity index (χ3v) is 4.16. The van der Waals surface area contributed by atoms with Gasteiger partial charge in [-0.15, -0.1) is 11.3 Å². The zero-order valence-corrected chi connectivity index (χ0v) is 13.5. The van der Waals surface area contributed by atoms with Gasteiger partial charge in [0.2, 0.25) is 0 Å². The van der Waals surface area contributed by atoms with E-state index in [1.807, 2.05) is 13.0 Å². The molecule has 0 bridgehead atoms. The van der Waals surface area contributed by atoms with Gasteiger partial charge in [0.25, 0.3) is 0 Å². The lowest BCUT2D eigenvalue weighted by molar-refractivity contribution is 0.0529. The van der Waals surface area contributed by atoms with E-state index in [4.69, 9.17) is 4.74 Å². The second-order valence-corrected chi connectivity index (χ2v) is 5.78. The predicted octanol–water partition coefficient (Wildman–Crippen LogP) is 3.63. The summed E-state index contributed by atoms with van der Waals surface area (Å²) in [7, 11) is 0. The highest BCUT2D eigenvalue weighted by atomic mass is 32.1. The van der Waals surface area contributed by atoms with E-state index < -0.39 is 5.97 Å². The van der Waals surface area contributed by atoms with Gasteiger partial charge in [-0.3, -0.25) is 0 Å². The van der Waals surface area contributed by atoms with Gasteiger partial charge in [0, 0.05) is 5.38 Å². The number of anilines is 2. The van der Waals surface area contributed by atoms with Gasteiger partial charge in [0.1, 0.15) is 22.7 Å². The van der Waals surface area contributed by atoms with Crippen molar-refractivity contribution in [2.24, 2.45) is 0 Å². The summed E-state index contributed by atoms with van der Waals surface area (Å²) in [6.07, 6.45) is 1.42. The molecule has 23 heavy (non-hydrogen) atoms. The van der Waals surface area contributed by atoms with Crippen molar-refractivity contribution in [1.82, 2.24) is 9.97 Å². The van der Waals surface area contributed by atoms with Crippen molar-refractivity contribution in [1.29, 1.82) is 0 Å². The van der Waals surface area contributed by atoms with Crippen LogP contribution in [0.25, 0.3) is 10.2 Å². The minimum atomic E-state index is -0.412. The number of benzene rings is 1. The van der Waals surface area contributed by atoms with Crippen LogP contribution in [0.3, 0.4) is 0 Å². The third kappa shape index (κ3) is 2.95. The minimum Gasteiger partial charge on any atom is -0.506 e. The average Bonchev–Trinajstić information content (AvgIpc) is 2.96. The molecule has 0 fully saturated rings. The van der Waals surface area contributed by atoms with Crippen LogP contribution in [0.5, 0.6) is 5.75 Å². The molecule has 3 aromatic rings. The van der Waals surface area contributed by atoms with Gasteiger partial charge >= 0.3 is 5.97 Å². The van der Waals surface area contributed by atoms with Crippen LogP contribution in [0, 0.1) is 6.92 Å². The number of nitrogens with zero attached hydrogens (tertiary/aromatic N) is 2. The Morgan fingerprint density at radius 3 is 3.00 bits per heavy atom. The second-order valence-electron chi connectivity index (χ2n) is 4.92. The van der Waals surface area contributed by atoms with Gasteiger partial charge in [-0.05, 0) is 31.5 Å². The highest BCUT2D eigenvalue weighted by molar-refractivity contribution is 7.17. The van der Waals surface area contributed by atoms with Crippen molar-refractivity contribution in [2.45, 2.75) is 13.8 Å². The molecule has 7 heteroatoms. The first-order valence-corrected chi connectivity index (χ1v) is 7.94. The summed E-state index contributed by atoms with van der Waals surface area (Å²) in [5.74, 6) is 0.153. The molecule has 118 valence electrons. The Labute approximate surface area is 136 Å². The third-order valence-electron chi connectivity index (χ3n) is 3.27. The van der Waals surface area contributed by atoms with Crippen LogP contribution in [-0.4, -0.2) is 27.7 Å². The second kappa shape index (κ2) is 6.21. The van der Waals surface area contributed by atoms with Crippen molar-refractivity contribution in [3.8, 4) is 5.75 Å². The Kier molecular flexibility index (Phi) is 4.12. The van der Waals surface area contributed by atoms with E-state index in [0.717, 1.165) is 5.56 Å². The molecule has 0 aliphatic heterocycles. The summed E-state index contributed by atoms with van der Waals surface area (Å²) in [5.41, 5.74) is 1.93. The first kappa shape index (κ1) is 15.2. The highest BCUT2D eigenvalue weighted by Crippen LogP contribution is 2.34. The van der Waals surface area contributed by atoms with Crippen LogP contribution in [-0.2, 0) is 4.74 Å². The lowest BCUT2D eigenvalue weighted by Gasteiger charge is -2.10. The van der Waals surface area contributed by atoms with E-state index in [0.29, 0.717) is 33.9 Å². The molecule has 2 N–H and O–H groups in total. The number of carbonyl (C=O) groups excluding carboxylic acids is 1. The summed E-state index contributed by atoms with van der Waals surface area (Å²) < 4.78 is 5.08. The van der Waals surface area contributed by atoms with E-state index in [1.165, 1.54) is 17.7 Å². The quantitative estimate of drug-likeness (QED) is 0.562. The van der Waals surface area contributed by atoms with Gasteiger partial charge in [0.15, 0.2) is 0 Å². The standard InChI is InChI=1S/C16H15N3O3S/c1-3-22-16(21)10-7-23-15-13(10)14(17-8-18-15)19-11-6-9(2)4-5-12(11)20/h4-8,20H,3H2,1-2H3,(H,17,18,19). The molecule has 3 rings (SSSR count). The number of ether oxygens (including phenoxy) is 1. The van der Waals surface area contributed by atoms with E-state index in [9.17, 15) is 9.90 Å². The van der Waals surface area contributed by atoms with Crippen molar-refractivity contribution in [3.05, 3.63) is 41.0 Å². The number of phenols is 1. The van der Waals surface area contributed by atoms with Crippen LogP contribution in [0.2, 0.25) is 0 Å². The summed E-state index contributed by atoms with van der Waals surface area (Å²) >= 11 is 1.35. The molecule has 0 aliphatic rings. The molecule has 0 radical (unpaired) electrons. The molecular formula is C16H15N3O3S. The Morgan fingerprint density at radius 2 is 2.22 bits per heavy atom. The monoisotopic (exact) mass is 329 g/mol. The number of thiophene rings is 1. The largest absolute Gasteiger partial charge is 0.506 e. The zero-order valence-electron chi connectivity index (χ0n) is 12.7. The van der Waals surface area contributed by atoms with E-state index in [1.54, 1.807) is 24.4 Å². The number of aromatic hydroxyl groups is 1. The summed E-state index contributed by atoms with van der Waals surface area (Å²) in [4.78, 5) is 21.2. The number of hydrogen-bond acceptors (Lipinski definition) is 7. The Bertz CT molecular complexity index is 876. The maximum absolute atomic E-state index is 12.1. The zero-order chi connectivity index (χ0) is 16.4. The normalized spacial score (nSPS) is 10.7. The van der Waals surface area contributed by atoms with Gasteiger partial charge in [-0.25, -0.2) is 14.8 Å². The molecular weight excluding hydrogens is 314 g/mol. The molecule has 2 aromatic heterocycles. The fourth-order valence-corrected chi connectivity index (χ4v) is 3.08. The van der Waals surface area contributed by atoms with Crippen LogP contribution < -0.4 is 5.32 Å². The summed E-state index contributed by atoms with van der Waals surface area (Å²) in [6, 6.07) is 5.22. The van der Waals surface area contributed by atoms with Crippen LogP contribution in [0.4, 0.5) is 11.5 Å².